The Morgan fingerprint density at radius 1 is 1.67 bits per heavy atom. The standard InChI is InChI=1S/C12H21N3O2S/c1-5-17-9(2)12-14-10(8-18-12)7-15(4)11(16)6-13-3/h8-9,13H,5-7H2,1-4H3. The number of aromatic nitrogens is 1. The Morgan fingerprint density at radius 2 is 2.39 bits per heavy atom. The Morgan fingerprint density at radius 3 is 3.00 bits per heavy atom. The zero-order chi connectivity index (χ0) is 13.5. The van der Waals surface area contributed by atoms with Crippen molar-refractivity contribution in [3.8, 4) is 0 Å². The van der Waals surface area contributed by atoms with E-state index < -0.39 is 0 Å². The van der Waals surface area contributed by atoms with Gasteiger partial charge in [-0.05, 0) is 20.9 Å². The molecule has 0 saturated heterocycles. The van der Waals surface area contributed by atoms with Crippen molar-refractivity contribution < 1.29 is 9.53 Å². The molecule has 1 amide bonds. The maximum absolute atomic E-state index is 11.6. The summed E-state index contributed by atoms with van der Waals surface area (Å²) in [5.41, 5.74) is 0.911. The van der Waals surface area contributed by atoms with Crippen molar-refractivity contribution in [3.63, 3.8) is 0 Å². The van der Waals surface area contributed by atoms with Crippen LogP contribution in [0, 0.1) is 0 Å². The highest BCUT2D eigenvalue weighted by Crippen LogP contribution is 2.21. The first-order valence-electron chi connectivity index (χ1n) is 6.03. The summed E-state index contributed by atoms with van der Waals surface area (Å²) >= 11 is 1.57. The summed E-state index contributed by atoms with van der Waals surface area (Å²) in [7, 11) is 3.54. The molecule has 0 fully saturated rings. The molecule has 0 radical (unpaired) electrons. The number of amides is 1. The van der Waals surface area contributed by atoms with E-state index in [1.807, 2.05) is 19.2 Å². The molecule has 102 valence electrons. The normalized spacial score (nSPS) is 12.4. The fourth-order valence-corrected chi connectivity index (χ4v) is 2.33. The number of carbonyl (C=O) groups is 1. The van der Waals surface area contributed by atoms with Gasteiger partial charge in [0.1, 0.15) is 11.1 Å². The van der Waals surface area contributed by atoms with Gasteiger partial charge >= 0.3 is 0 Å². The molecule has 1 N–H and O–H groups in total. The lowest BCUT2D eigenvalue weighted by atomic mass is 10.4. The first-order valence-corrected chi connectivity index (χ1v) is 6.90. The number of hydrogen-bond acceptors (Lipinski definition) is 5. The molecule has 0 bridgehead atoms. The molecule has 1 rings (SSSR count). The van der Waals surface area contributed by atoms with Gasteiger partial charge < -0.3 is 15.0 Å². The highest BCUT2D eigenvalue weighted by Gasteiger charge is 2.13. The summed E-state index contributed by atoms with van der Waals surface area (Å²) in [6.07, 6.45) is 0.0204. The third kappa shape index (κ3) is 4.36. The fourth-order valence-electron chi connectivity index (χ4n) is 1.52. The third-order valence-corrected chi connectivity index (χ3v) is 3.54. The van der Waals surface area contributed by atoms with Crippen LogP contribution in [0.5, 0.6) is 0 Å². The van der Waals surface area contributed by atoms with Gasteiger partial charge in [-0.3, -0.25) is 4.79 Å². The van der Waals surface area contributed by atoms with Crippen LogP contribution >= 0.6 is 11.3 Å². The SMILES string of the molecule is CCOC(C)c1nc(CN(C)C(=O)CNC)cs1. The maximum Gasteiger partial charge on any atom is 0.236 e. The predicted octanol–water partition coefficient (Wildman–Crippen LogP) is 1.42. The average molecular weight is 271 g/mol. The van der Waals surface area contributed by atoms with E-state index in [2.05, 4.69) is 10.3 Å². The molecule has 5 nitrogen and oxygen atoms in total. The summed E-state index contributed by atoms with van der Waals surface area (Å²) in [5, 5.41) is 5.79. The van der Waals surface area contributed by atoms with E-state index in [-0.39, 0.29) is 12.0 Å². The number of nitrogens with zero attached hydrogens (tertiary/aromatic N) is 2. The average Bonchev–Trinajstić information content (AvgIpc) is 2.78. The highest BCUT2D eigenvalue weighted by molar-refractivity contribution is 7.09. The van der Waals surface area contributed by atoms with E-state index in [0.29, 0.717) is 19.7 Å². The summed E-state index contributed by atoms with van der Waals surface area (Å²) < 4.78 is 5.49. The van der Waals surface area contributed by atoms with Crippen LogP contribution in [0.15, 0.2) is 5.38 Å². The third-order valence-electron chi connectivity index (χ3n) is 2.49. The summed E-state index contributed by atoms with van der Waals surface area (Å²) in [6.45, 7) is 5.52. The van der Waals surface area contributed by atoms with Gasteiger partial charge in [-0.15, -0.1) is 11.3 Å². The molecule has 18 heavy (non-hydrogen) atoms. The molecule has 0 spiro atoms. The quantitative estimate of drug-likeness (QED) is 0.815. The van der Waals surface area contributed by atoms with Crippen LogP contribution in [0.1, 0.15) is 30.7 Å². The van der Waals surface area contributed by atoms with Crippen LogP contribution in [-0.4, -0.2) is 43.0 Å². The number of ether oxygens (including phenoxy) is 1. The lowest BCUT2D eigenvalue weighted by Gasteiger charge is -2.15. The number of hydrogen-bond donors (Lipinski definition) is 1. The number of carbonyl (C=O) groups excluding carboxylic acids is 1. The van der Waals surface area contributed by atoms with Crippen molar-refractivity contribution >= 4 is 17.2 Å². The van der Waals surface area contributed by atoms with Gasteiger partial charge in [0.25, 0.3) is 0 Å². The van der Waals surface area contributed by atoms with Gasteiger partial charge in [0.15, 0.2) is 0 Å². The Bertz CT molecular complexity index is 381. The molecule has 0 aromatic carbocycles. The summed E-state index contributed by atoms with van der Waals surface area (Å²) in [5.74, 6) is 0.0601. The zero-order valence-corrected chi connectivity index (χ0v) is 12.2. The van der Waals surface area contributed by atoms with Crippen LogP contribution in [0.25, 0.3) is 0 Å². The predicted molar refractivity (Wildman–Crippen MR) is 72.6 cm³/mol. The molecule has 6 heteroatoms. The Kier molecular flexibility index (Phi) is 6.24. The molecular formula is C12H21N3O2S. The molecule has 0 saturated carbocycles. The first-order chi connectivity index (χ1) is 8.58. The minimum atomic E-state index is 0.0204. The lowest BCUT2D eigenvalue weighted by molar-refractivity contribution is -0.129. The number of rotatable bonds is 7. The lowest BCUT2D eigenvalue weighted by Crippen LogP contribution is -2.33. The molecule has 1 unspecified atom stereocenters. The van der Waals surface area contributed by atoms with Crippen molar-refractivity contribution in [2.45, 2.75) is 26.5 Å². The van der Waals surface area contributed by atoms with Crippen molar-refractivity contribution in [1.29, 1.82) is 0 Å². The second-order valence-electron chi connectivity index (χ2n) is 4.05. The minimum absolute atomic E-state index is 0.0204. The molecule has 0 aliphatic rings. The fraction of sp³-hybridized carbons (Fsp3) is 0.667. The van der Waals surface area contributed by atoms with Crippen molar-refractivity contribution in [1.82, 2.24) is 15.2 Å². The van der Waals surface area contributed by atoms with Gasteiger partial charge in [0, 0.05) is 19.0 Å². The zero-order valence-electron chi connectivity index (χ0n) is 11.4. The molecular weight excluding hydrogens is 250 g/mol. The van der Waals surface area contributed by atoms with Gasteiger partial charge in [-0.2, -0.15) is 0 Å². The largest absolute Gasteiger partial charge is 0.372 e. The van der Waals surface area contributed by atoms with Crippen LogP contribution in [-0.2, 0) is 16.1 Å². The summed E-state index contributed by atoms with van der Waals surface area (Å²) in [4.78, 5) is 17.8. The first kappa shape index (κ1) is 15.1. The van der Waals surface area contributed by atoms with Gasteiger partial charge in [0.2, 0.25) is 5.91 Å². The van der Waals surface area contributed by atoms with Gasteiger partial charge in [0.05, 0.1) is 18.8 Å². The van der Waals surface area contributed by atoms with Crippen LogP contribution in [0.2, 0.25) is 0 Å². The van der Waals surface area contributed by atoms with E-state index in [1.165, 1.54) is 0 Å². The second kappa shape index (κ2) is 7.45. The second-order valence-corrected chi connectivity index (χ2v) is 4.94. The van der Waals surface area contributed by atoms with Crippen LogP contribution in [0.3, 0.4) is 0 Å². The smallest absolute Gasteiger partial charge is 0.236 e. The molecule has 1 aromatic heterocycles. The molecule has 0 aliphatic carbocycles. The van der Waals surface area contributed by atoms with E-state index in [9.17, 15) is 4.79 Å². The Labute approximate surface area is 112 Å². The van der Waals surface area contributed by atoms with E-state index in [1.54, 1.807) is 30.3 Å². The van der Waals surface area contributed by atoms with E-state index >= 15 is 0 Å². The monoisotopic (exact) mass is 271 g/mol. The Balaban J connectivity index is 2.55. The van der Waals surface area contributed by atoms with Crippen molar-refractivity contribution in [2.75, 3.05) is 27.2 Å². The molecule has 1 heterocycles. The topological polar surface area (TPSA) is 54.5 Å². The van der Waals surface area contributed by atoms with Gasteiger partial charge in [-0.1, -0.05) is 0 Å². The van der Waals surface area contributed by atoms with Crippen molar-refractivity contribution in [3.05, 3.63) is 16.1 Å². The highest BCUT2D eigenvalue weighted by atomic mass is 32.1. The van der Waals surface area contributed by atoms with Gasteiger partial charge in [-0.25, -0.2) is 4.98 Å². The molecule has 0 aliphatic heterocycles. The number of likely N-dealkylation sites (N-methyl/N-ethyl adjacent to an activating group) is 2. The number of thiazole rings is 1. The van der Waals surface area contributed by atoms with E-state index in [0.717, 1.165) is 10.7 Å². The van der Waals surface area contributed by atoms with Crippen LogP contribution in [0.4, 0.5) is 0 Å². The number of nitrogens with one attached hydrogen (secondary N) is 1. The Hall–Kier alpha value is -0.980. The minimum Gasteiger partial charge on any atom is -0.372 e. The van der Waals surface area contributed by atoms with Crippen LogP contribution < -0.4 is 5.32 Å². The van der Waals surface area contributed by atoms with E-state index in [4.69, 9.17) is 4.74 Å². The van der Waals surface area contributed by atoms with Crippen molar-refractivity contribution in [2.24, 2.45) is 0 Å². The molecule has 1 aromatic rings. The molecule has 1 atom stereocenters. The summed E-state index contributed by atoms with van der Waals surface area (Å²) in [6, 6.07) is 0. The maximum atomic E-state index is 11.6.